The largest absolute Gasteiger partial charge is 0.354 e. The van der Waals surface area contributed by atoms with Crippen molar-refractivity contribution in [2.24, 2.45) is 0 Å². The van der Waals surface area contributed by atoms with Crippen LogP contribution in [-0.2, 0) is 10.9 Å². The summed E-state index contributed by atoms with van der Waals surface area (Å²) in [5.74, 6) is 1.00. The number of aryl methyl sites for hydroxylation is 1. The molecule has 0 unspecified atom stereocenters. The Bertz CT molecular complexity index is 775. The summed E-state index contributed by atoms with van der Waals surface area (Å²) in [6.45, 7) is 9.43. The van der Waals surface area contributed by atoms with Crippen LogP contribution in [0.25, 0.3) is 10.9 Å². The van der Waals surface area contributed by atoms with Gasteiger partial charge >= 0.3 is 0 Å². The van der Waals surface area contributed by atoms with Gasteiger partial charge < -0.3 is 9.80 Å². The van der Waals surface area contributed by atoms with Crippen LogP contribution >= 0.6 is 0 Å². The highest BCUT2D eigenvalue weighted by Crippen LogP contribution is 2.25. The van der Waals surface area contributed by atoms with Gasteiger partial charge in [-0.3, -0.25) is 4.72 Å². The molecule has 1 aliphatic heterocycles. The van der Waals surface area contributed by atoms with Crippen LogP contribution in [0.15, 0.2) is 24.3 Å². The molecule has 7 heteroatoms. The van der Waals surface area contributed by atoms with Crippen LogP contribution in [-0.4, -0.2) is 51.0 Å². The number of rotatable bonds is 4. The van der Waals surface area contributed by atoms with Crippen LogP contribution in [0, 0.1) is 6.92 Å². The number of benzene rings is 1. The molecule has 1 aliphatic rings. The van der Waals surface area contributed by atoms with Crippen LogP contribution in [0.2, 0.25) is 0 Å². The van der Waals surface area contributed by atoms with Crippen molar-refractivity contribution in [3.05, 3.63) is 29.8 Å². The first-order valence-corrected chi connectivity index (χ1v) is 9.04. The molecule has 2 heterocycles. The second-order valence-electron chi connectivity index (χ2n) is 5.82. The summed E-state index contributed by atoms with van der Waals surface area (Å²) >= 11 is 0. The monoisotopic (exact) mass is 334 g/mol. The molecule has 1 saturated heterocycles. The first-order chi connectivity index (χ1) is 11.1. The summed E-state index contributed by atoms with van der Waals surface area (Å²) in [7, 11) is -2.65. The van der Waals surface area contributed by atoms with Crippen molar-refractivity contribution in [3.8, 4) is 0 Å². The van der Waals surface area contributed by atoms with Crippen LogP contribution in [0.3, 0.4) is 0 Å². The lowest BCUT2D eigenvalue weighted by Gasteiger charge is -2.35. The Morgan fingerprint density at radius 2 is 1.91 bits per heavy atom. The molecule has 0 radical (unpaired) electrons. The van der Waals surface area contributed by atoms with Gasteiger partial charge in [0.1, 0.15) is 5.82 Å². The van der Waals surface area contributed by atoms with Crippen molar-refractivity contribution in [2.75, 3.05) is 42.3 Å². The Balaban J connectivity index is 1.89. The van der Waals surface area contributed by atoms with E-state index in [1.807, 2.05) is 19.1 Å². The Morgan fingerprint density at radius 1 is 1.17 bits per heavy atom. The number of aromatic nitrogens is 1. The Hall–Kier alpha value is -1.86. The molecule has 2 aromatic rings. The highest BCUT2D eigenvalue weighted by molar-refractivity contribution is 7.73. The lowest BCUT2D eigenvalue weighted by atomic mass is 10.1. The third-order valence-electron chi connectivity index (χ3n) is 4.37. The Labute approximate surface area is 138 Å². The third-order valence-corrected chi connectivity index (χ3v) is 4.81. The van der Waals surface area contributed by atoms with E-state index >= 15 is 0 Å². The van der Waals surface area contributed by atoms with E-state index < -0.39 is 10.9 Å². The highest BCUT2D eigenvalue weighted by Gasteiger charge is 2.17. The number of pyridine rings is 1. The molecule has 0 spiro atoms. The number of thiol groups is 1. The minimum Gasteiger partial charge on any atom is -0.354 e. The fraction of sp³-hybridized carbons (Fsp3) is 0.438. The molecule has 0 aliphatic carbocycles. The summed E-state index contributed by atoms with van der Waals surface area (Å²) in [6, 6.07) is 7.54. The maximum atomic E-state index is 10.8. The zero-order valence-corrected chi connectivity index (χ0v) is 14.3. The SMILES string of the molecule is CCN1CCN(c2cc(C)c3cc(N[SH](=O)=O)ccc3n2)CC1. The van der Waals surface area contributed by atoms with E-state index in [1.54, 1.807) is 6.07 Å². The van der Waals surface area contributed by atoms with Gasteiger partial charge in [0.15, 0.2) is 0 Å². The average molecular weight is 334 g/mol. The molecule has 1 N–H and O–H groups in total. The van der Waals surface area contributed by atoms with Gasteiger partial charge in [-0.25, -0.2) is 13.4 Å². The Morgan fingerprint density at radius 3 is 2.57 bits per heavy atom. The molecule has 1 fully saturated rings. The molecule has 124 valence electrons. The maximum Gasteiger partial charge on any atom is 0.222 e. The van der Waals surface area contributed by atoms with Crippen molar-refractivity contribution in [1.29, 1.82) is 0 Å². The number of fused-ring (bicyclic) bond motifs is 1. The van der Waals surface area contributed by atoms with Gasteiger partial charge in [-0.2, -0.15) is 0 Å². The predicted molar refractivity (Wildman–Crippen MR) is 94.7 cm³/mol. The van der Waals surface area contributed by atoms with E-state index in [4.69, 9.17) is 4.98 Å². The zero-order chi connectivity index (χ0) is 16.4. The number of hydrogen-bond donors (Lipinski definition) is 2. The number of hydrogen-bond acceptors (Lipinski definition) is 5. The molecule has 6 nitrogen and oxygen atoms in total. The number of nitrogens with zero attached hydrogens (tertiary/aromatic N) is 3. The lowest BCUT2D eigenvalue weighted by Crippen LogP contribution is -2.46. The van der Waals surface area contributed by atoms with Gasteiger partial charge in [0, 0.05) is 37.3 Å². The summed E-state index contributed by atoms with van der Waals surface area (Å²) in [6.07, 6.45) is 0. The molecule has 23 heavy (non-hydrogen) atoms. The zero-order valence-electron chi connectivity index (χ0n) is 13.5. The average Bonchev–Trinajstić information content (AvgIpc) is 2.55. The van der Waals surface area contributed by atoms with E-state index in [-0.39, 0.29) is 0 Å². The van der Waals surface area contributed by atoms with Gasteiger partial charge in [0.2, 0.25) is 10.9 Å². The van der Waals surface area contributed by atoms with E-state index in [9.17, 15) is 8.42 Å². The normalized spacial score (nSPS) is 16.2. The molecular weight excluding hydrogens is 312 g/mol. The smallest absolute Gasteiger partial charge is 0.222 e. The number of nitrogens with one attached hydrogen (secondary N) is 1. The van der Waals surface area contributed by atoms with E-state index in [0.29, 0.717) is 5.69 Å². The number of anilines is 2. The number of piperazine rings is 1. The quantitative estimate of drug-likeness (QED) is 0.832. The first kappa shape index (κ1) is 16.0. The van der Waals surface area contributed by atoms with Crippen molar-refractivity contribution >= 4 is 33.3 Å². The topological polar surface area (TPSA) is 65.5 Å². The lowest BCUT2D eigenvalue weighted by molar-refractivity contribution is 0.270. The first-order valence-electron chi connectivity index (χ1n) is 7.86. The molecule has 0 atom stereocenters. The van der Waals surface area contributed by atoms with Gasteiger partial charge in [-0.15, -0.1) is 0 Å². The highest BCUT2D eigenvalue weighted by atomic mass is 32.2. The molecule has 0 saturated carbocycles. The molecule has 0 amide bonds. The molecule has 1 aromatic carbocycles. The maximum absolute atomic E-state index is 10.8. The fourth-order valence-electron chi connectivity index (χ4n) is 3.01. The van der Waals surface area contributed by atoms with E-state index in [1.165, 1.54) is 0 Å². The summed E-state index contributed by atoms with van der Waals surface area (Å²) < 4.78 is 24.0. The van der Waals surface area contributed by atoms with Gasteiger partial charge in [0.25, 0.3) is 0 Å². The standard InChI is InChI=1S/C16H22N4O2S/c1-3-19-6-8-20(9-7-19)16-10-12(2)14-11-13(18-23(21)22)4-5-15(14)17-16/h4-5,10-11,23H,3,6-9H2,1-2H3,(H,18,21,22). The van der Waals surface area contributed by atoms with Gasteiger partial charge in [-0.1, -0.05) is 6.92 Å². The summed E-state index contributed by atoms with van der Waals surface area (Å²) in [5.41, 5.74) is 2.57. The minimum absolute atomic E-state index is 0.572. The third kappa shape index (κ3) is 3.56. The van der Waals surface area contributed by atoms with Gasteiger partial charge in [0.05, 0.1) is 5.52 Å². The van der Waals surface area contributed by atoms with Crippen molar-refractivity contribution in [2.45, 2.75) is 13.8 Å². The number of likely N-dealkylation sites (N-methyl/N-ethyl adjacent to an activating group) is 1. The summed E-state index contributed by atoms with van der Waals surface area (Å²) in [5, 5.41) is 0.975. The van der Waals surface area contributed by atoms with Crippen molar-refractivity contribution in [1.82, 2.24) is 9.88 Å². The van der Waals surface area contributed by atoms with E-state index in [0.717, 1.165) is 55.0 Å². The fourth-order valence-corrected chi connectivity index (χ4v) is 3.36. The van der Waals surface area contributed by atoms with E-state index in [2.05, 4.69) is 27.5 Å². The second-order valence-corrected chi connectivity index (χ2v) is 6.56. The molecular formula is C16H22N4O2S. The van der Waals surface area contributed by atoms with Crippen molar-refractivity contribution < 1.29 is 8.42 Å². The molecule has 3 rings (SSSR count). The van der Waals surface area contributed by atoms with Crippen LogP contribution < -0.4 is 9.62 Å². The molecule has 1 aromatic heterocycles. The van der Waals surface area contributed by atoms with Gasteiger partial charge in [-0.05, 0) is 43.3 Å². The van der Waals surface area contributed by atoms with Crippen LogP contribution in [0.4, 0.5) is 11.5 Å². The minimum atomic E-state index is -2.65. The predicted octanol–water partition coefficient (Wildman–Crippen LogP) is 1.62. The van der Waals surface area contributed by atoms with Crippen LogP contribution in [0.5, 0.6) is 0 Å². The van der Waals surface area contributed by atoms with Crippen LogP contribution in [0.1, 0.15) is 12.5 Å². The molecule has 0 bridgehead atoms. The second kappa shape index (κ2) is 6.72. The summed E-state index contributed by atoms with van der Waals surface area (Å²) in [4.78, 5) is 9.52. The van der Waals surface area contributed by atoms with Crippen molar-refractivity contribution in [3.63, 3.8) is 0 Å². The Kier molecular flexibility index (Phi) is 4.68.